The first-order valence-corrected chi connectivity index (χ1v) is 5.69. The summed E-state index contributed by atoms with van der Waals surface area (Å²) in [4.78, 5) is 16.4. The van der Waals surface area contributed by atoms with Gasteiger partial charge >= 0.3 is 5.69 Å². The summed E-state index contributed by atoms with van der Waals surface area (Å²) in [6.07, 6.45) is 0.532. The van der Waals surface area contributed by atoms with Gasteiger partial charge < -0.3 is 14.7 Å². The normalized spacial score (nSPS) is 10.2. The number of nitro groups is 1. The van der Waals surface area contributed by atoms with Crippen molar-refractivity contribution in [3.8, 4) is 5.88 Å². The molecule has 0 atom stereocenters. The number of aliphatic hydroxyl groups is 1. The van der Waals surface area contributed by atoms with Crippen molar-refractivity contribution in [2.45, 2.75) is 13.3 Å². The molecule has 0 saturated carbocycles. The van der Waals surface area contributed by atoms with E-state index in [0.717, 1.165) is 0 Å². The van der Waals surface area contributed by atoms with Crippen molar-refractivity contribution in [1.82, 2.24) is 4.98 Å². The van der Waals surface area contributed by atoms with Crippen LogP contribution in [0.5, 0.6) is 5.88 Å². The van der Waals surface area contributed by atoms with Gasteiger partial charge in [-0.15, -0.1) is 0 Å². The minimum Gasteiger partial charge on any atom is -0.481 e. The van der Waals surface area contributed by atoms with Crippen molar-refractivity contribution >= 4 is 11.5 Å². The van der Waals surface area contributed by atoms with Gasteiger partial charge in [-0.2, -0.15) is 4.98 Å². The van der Waals surface area contributed by atoms with Crippen LogP contribution in [0.2, 0.25) is 0 Å². The smallest absolute Gasteiger partial charge is 0.311 e. The van der Waals surface area contributed by atoms with Crippen LogP contribution in [0.1, 0.15) is 13.3 Å². The zero-order valence-corrected chi connectivity index (χ0v) is 10.5. The maximum absolute atomic E-state index is 11.0. The van der Waals surface area contributed by atoms with Crippen molar-refractivity contribution in [2.75, 3.05) is 31.7 Å². The average molecular weight is 255 g/mol. The third kappa shape index (κ3) is 3.30. The van der Waals surface area contributed by atoms with Gasteiger partial charge in [0.1, 0.15) is 0 Å². The largest absolute Gasteiger partial charge is 0.481 e. The van der Waals surface area contributed by atoms with E-state index in [4.69, 9.17) is 9.84 Å². The Balaban J connectivity index is 3.11. The summed E-state index contributed by atoms with van der Waals surface area (Å²) < 4.78 is 4.98. The van der Waals surface area contributed by atoms with Gasteiger partial charge in [0.2, 0.25) is 11.7 Å². The van der Waals surface area contributed by atoms with Gasteiger partial charge in [0, 0.05) is 31.8 Å². The molecule has 0 bridgehead atoms. The summed E-state index contributed by atoms with van der Waals surface area (Å²) in [6, 6.07) is 2.84. The number of nitrogens with zero attached hydrogens (tertiary/aromatic N) is 3. The molecular formula is C11H17N3O4. The van der Waals surface area contributed by atoms with E-state index < -0.39 is 4.92 Å². The molecule has 1 heterocycles. The predicted octanol–water partition coefficient (Wildman–Crippen LogP) is 1.21. The number of ether oxygens (including phenoxy) is 1. The Morgan fingerprint density at radius 1 is 1.56 bits per heavy atom. The molecular weight excluding hydrogens is 238 g/mol. The van der Waals surface area contributed by atoms with Gasteiger partial charge in [-0.25, -0.2) is 0 Å². The van der Waals surface area contributed by atoms with Crippen LogP contribution in [0, 0.1) is 10.1 Å². The van der Waals surface area contributed by atoms with Crippen molar-refractivity contribution in [3.05, 3.63) is 22.2 Å². The highest BCUT2D eigenvalue weighted by molar-refractivity contribution is 5.58. The number of anilines is 1. The first-order chi connectivity index (χ1) is 8.63. The van der Waals surface area contributed by atoms with Crippen LogP contribution in [-0.2, 0) is 0 Å². The molecule has 0 radical (unpaired) electrons. The van der Waals surface area contributed by atoms with Gasteiger partial charge in [0.15, 0.2) is 0 Å². The summed E-state index contributed by atoms with van der Waals surface area (Å²) in [5.74, 6) is 0.605. The summed E-state index contributed by atoms with van der Waals surface area (Å²) >= 11 is 0. The van der Waals surface area contributed by atoms with Crippen LogP contribution < -0.4 is 9.64 Å². The monoisotopic (exact) mass is 255 g/mol. The lowest BCUT2D eigenvalue weighted by Crippen LogP contribution is -2.26. The Bertz CT molecular complexity index is 411. The van der Waals surface area contributed by atoms with E-state index in [1.165, 1.54) is 19.2 Å². The molecule has 1 aromatic rings. The van der Waals surface area contributed by atoms with Gasteiger partial charge in [0.05, 0.1) is 12.0 Å². The van der Waals surface area contributed by atoms with Crippen molar-refractivity contribution < 1.29 is 14.8 Å². The fourth-order valence-corrected chi connectivity index (χ4v) is 1.59. The minimum atomic E-state index is -0.469. The second kappa shape index (κ2) is 6.75. The van der Waals surface area contributed by atoms with E-state index in [1.807, 2.05) is 6.92 Å². The predicted molar refractivity (Wildman–Crippen MR) is 67.0 cm³/mol. The van der Waals surface area contributed by atoms with E-state index in [-0.39, 0.29) is 18.1 Å². The van der Waals surface area contributed by atoms with E-state index >= 15 is 0 Å². The van der Waals surface area contributed by atoms with E-state index in [2.05, 4.69) is 4.98 Å². The number of hydrogen-bond donors (Lipinski definition) is 1. The standard InChI is InChI=1S/C11H17N3O4/c1-3-13(7-4-8-15)11-9(14(16)17)5-6-10(12-11)18-2/h5-6,15H,3-4,7-8H2,1-2H3. The van der Waals surface area contributed by atoms with Crippen LogP contribution in [0.15, 0.2) is 12.1 Å². The second-order valence-electron chi connectivity index (χ2n) is 3.61. The van der Waals surface area contributed by atoms with Gasteiger partial charge in [-0.05, 0) is 13.3 Å². The molecule has 1 aromatic heterocycles. The van der Waals surface area contributed by atoms with Crippen LogP contribution >= 0.6 is 0 Å². The van der Waals surface area contributed by atoms with Crippen LogP contribution in [0.4, 0.5) is 11.5 Å². The summed E-state index contributed by atoms with van der Waals surface area (Å²) in [7, 11) is 1.46. The molecule has 0 unspecified atom stereocenters. The molecule has 0 aliphatic carbocycles. The zero-order chi connectivity index (χ0) is 13.5. The minimum absolute atomic E-state index is 0.0360. The lowest BCUT2D eigenvalue weighted by Gasteiger charge is -2.21. The average Bonchev–Trinajstić information content (AvgIpc) is 2.39. The summed E-state index contributed by atoms with van der Waals surface area (Å²) in [5.41, 5.74) is -0.0596. The Morgan fingerprint density at radius 3 is 2.78 bits per heavy atom. The Morgan fingerprint density at radius 2 is 2.28 bits per heavy atom. The number of hydrogen-bond acceptors (Lipinski definition) is 6. The molecule has 0 aliphatic rings. The molecule has 0 aliphatic heterocycles. The quantitative estimate of drug-likeness (QED) is 0.582. The van der Waals surface area contributed by atoms with Crippen molar-refractivity contribution in [2.24, 2.45) is 0 Å². The Kier molecular flexibility index (Phi) is 5.31. The Labute approximate surface area is 105 Å². The third-order valence-corrected chi connectivity index (χ3v) is 2.50. The maximum atomic E-state index is 11.0. The van der Waals surface area contributed by atoms with Crippen LogP contribution in [-0.4, -0.2) is 41.8 Å². The molecule has 0 fully saturated rings. The van der Waals surface area contributed by atoms with E-state index in [9.17, 15) is 10.1 Å². The molecule has 0 aromatic carbocycles. The fourth-order valence-electron chi connectivity index (χ4n) is 1.59. The molecule has 7 nitrogen and oxygen atoms in total. The maximum Gasteiger partial charge on any atom is 0.311 e. The van der Waals surface area contributed by atoms with Crippen LogP contribution in [0.3, 0.4) is 0 Å². The summed E-state index contributed by atoms with van der Waals surface area (Å²) in [6.45, 7) is 2.99. The van der Waals surface area contributed by atoms with E-state index in [1.54, 1.807) is 4.90 Å². The molecule has 0 saturated heterocycles. The Hall–Kier alpha value is -1.89. The van der Waals surface area contributed by atoms with Gasteiger partial charge in [-0.1, -0.05) is 0 Å². The highest BCUT2D eigenvalue weighted by Gasteiger charge is 2.21. The molecule has 0 spiro atoms. The lowest BCUT2D eigenvalue weighted by atomic mass is 10.3. The number of aromatic nitrogens is 1. The SMILES string of the molecule is CCN(CCCO)c1nc(OC)ccc1[N+](=O)[O-]. The molecule has 7 heteroatoms. The molecule has 1 N–H and O–H groups in total. The topological polar surface area (TPSA) is 88.7 Å². The highest BCUT2D eigenvalue weighted by atomic mass is 16.6. The van der Waals surface area contributed by atoms with Crippen LogP contribution in [0.25, 0.3) is 0 Å². The van der Waals surface area contributed by atoms with E-state index in [0.29, 0.717) is 25.4 Å². The number of rotatable bonds is 7. The summed E-state index contributed by atoms with van der Waals surface area (Å²) in [5, 5.41) is 19.8. The highest BCUT2D eigenvalue weighted by Crippen LogP contribution is 2.28. The number of pyridine rings is 1. The van der Waals surface area contributed by atoms with Gasteiger partial charge in [0.25, 0.3) is 0 Å². The zero-order valence-electron chi connectivity index (χ0n) is 10.5. The molecule has 0 amide bonds. The van der Waals surface area contributed by atoms with Crippen molar-refractivity contribution in [3.63, 3.8) is 0 Å². The molecule has 18 heavy (non-hydrogen) atoms. The van der Waals surface area contributed by atoms with Crippen molar-refractivity contribution in [1.29, 1.82) is 0 Å². The fraction of sp³-hybridized carbons (Fsp3) is 0.545. The molecule has 1 rings (SSSR count). The third-order valence-electron chi connectivity index (χ3n) is 2.50. The van der Waals surface area contributed by atoms with Gasteiger partial charge in [-0.3, -0.25) is 10.1 Å². The first-order valence-electron chi connectivity index (χ1n) is 5.69. The molecule has 100 valence electrons. The lowest BCUT2D eigenvalue weighted by molar-refractivity contribution is -0.384. The second-order valence-corrected chi connectivity index (χ2v) is 3.61. The number of aliphatic hydroxyl groups excluding tert-OH is 1. The first kappa shape index (κ1) is 14.2. The number of methoxy groups -OCH3 is 1.